The van der Waals surface area contributed by atoms with Crippen molar-refractivity contribution in [1.29, 1.82) is 0 Å². The van der Waals surface area contributed by atoms with Crippen LogP contribution in [0.1, 0.15) is 23.6 Å². The van der Waals surface area contributed by atoms with Crippen LogP contribution >= 0.6 is 0 Å². The van der Waals surface area contributed by atoms with Crippen molar-refractivity contribution < 1.29 is 13.3 Å². The van der Waals surface area contributed by atoms with Gasteiger partial charge >= 0.3 is 0 Å². The molecule has 1 aliphatic rings. The van der Waals surface area contributed by atoms with Crippen molar-refractivity contribution in [2.45, 2.75) is 23.8 Å². The van der Waals surface area contributed by atoms with Gasteiger partial charge in [0.1, 0.15) is 5.69 Å². The first-order chi connectivity index (χ1) is 11.3. The predicted molar refractivity (Wildman–Crippen MR) is 92.1 cm³/mol. The normalized spacial score (nSPS) is 16.7. The standard InChI is InChI=1S/C17H18N2O4S/c1-18(15-9-7-12-5-3-4-6-14(12)15)16-10-8-13(24(2,22)23)11-17(16)19(20)21/h3-6,8,10-11,15H,7,9H2,1-2H3/t15-/m1/s1. The van der Waals surface area contributed by atoms with Gasteiger partial charge < -0.3 is 4.90 Å². The summed E-state index contributed by atoms with van der Waals surface area (Å²) in [5, 5.41) is 11.4. The molecule has 0 saturated heterocycles. The van der Waals surface area contributed by atoms with E-state index in [2.05, 4.69) is 6.07 Å². The van der Waals surface area contributed by atoms with Gasteiger partial charge in [-0.05, 0) is 36.1 Å². The van der Waals surface area contributed by atoms with Crippen molar-refractivity contribution in [2.24, 2.45) is 0 Å². The molecule has 0 unspecified atom stereocenters. The Kier molecular flexibility index (Phi) is 4.04. The molecule has 0 N–H and O–H groups in total. The number of nitrogens with zero attached hydrogens (tertiary/aromatic N) is 2. The van der Waals surface area contributed by atoms with Gasteiger partial charge in [-0.15, -0.1) is 0 Å². The highest BCUT2D eigenvalue weighted by atomic mass is 32.2. The molecule has 0 heterocycles. The Hall–Kier alpha value is -2.41. The van der Waals surface area contributed by atoms with Crippen LogP contribution in [0, 0.1) is 10.1 Å². The Morgan fingerprint density at radius 1 is 1.21 bits per heavy atom. The lowest BCUT2D eigenvalue weighted by atomic mass is 10.1. The monoisotopic (exact) mass is 346 g/mol. The third kappa shape index (κ3) is 2.87. The number of nitro groups is 1. The van der Waals surface area contributed by atoms with Crippen molar-refractivity contribution in [1.82, 2.24) is 0 Å². The van der Waals surface area contributed by atoms with Crippen LogP contribution in [0.3, 0.4) is 0 Å². The van der Waals surface area contributed by atoms with Crippen LogP contribution in [0.15, 0.2) is 47.4 Å². The number of hydrogen-bond acceptors (Lipinski definition) is 5. The number of benzene rings is 2. The summed E-state index contributed by atoms with van der Waals surface area (Å²) in [5.74, 6) is 0. The fraction of sp³-hybridized carbons (Fsp3) is 0.294. The van der Waals surface area contributed by atoms with Gasteiger partial charge in [0.2, 0.25) is 0 Å². The highest BCUT2D eigenvalue weighted by Crippen LogP contribution is 2.40. The zero-order valence-corrected chi connectivity index (χ0v) is 14.3. The maximum atomic E-state index is 11.7. The quantitative estimate of drug-likeness (QED) is 0.627. The second-order valence-electron chi connectivity index (χ2n) is 6.04. The smallest absolute Gasteiger partial charge is 0.293 e. The lowest BCUT2D eigenvalue weighted by Crippen LogP contribution is -2.23. The minimum atomic E-state index is -3.49. The average Bonchev–Trinajstić information content (AvgIpc) is 2.96. The fourth-order valence-electron chi connectivity index (χ4n) is 3.28. The SMILES string of the molecule is CN(c1ccc(S(C)(=O)=O)cc1[N+](=O)[O-])[C@@H]1CCc2ccccc21. The number of anilines is 1. The molecule has 3 rings (SSSR count). The van der Waals surface area contributed by atoms with Gasteiger partial charge in [-0.1, -0.05) is 24.3 Å². The lowest BCUT2D eigenvalue weighted by Gasteiger charge is -2.27. The van der Waals surface area contributed by atoms with Crippen LogP contribution in [0.25, 0.3) is 0 Å². The highest BCUT2D eigenvalue weighted by molar-refractivity contribution is 7.90. The van der Waals surface area contributed by atoms with E-state index in [-0.39, 0.29) is 16.6 Å². The van der Waals surface area contributed by atoms with E-state index >= 15 is 0 Å². The maximum Gasteiger partial charge on any atom is 0.293 e. The first-order valence-corrected chi connectivity index (χ1v) is 9.47. The second kappa shape index (κ2) is 5.90. The van der Waals surface area contributed by atoms with E-state index in [9.17, 15) is 18.5 Å². The minimum Gasteiger partial charge on any atom is -0.362 e. The Balaban J connectivity index is 2.05. The summed E-state index contributed by atoms with van der Waals surface area (Å²) >= 11 is 0. The van der Waals surface area contributed by atoms with Crippen molar-refractivity contribution in [2.75, 3.05) is 18.2 Å². The second-order valence-corrected chi connectivity index (χ2v) is 8.06. The number of aryl methyl sites for hydroxylation is 1. The Morgan fingerprint density at radius 2 is 1.92 bits per heavy atom. The molecule has 24 heavy (non-hydrogen) atoms. The molecule has 126 valence electrons. The minimum absolute atomic E-state index is 0.0434. The zero-order valence-electron chi connectivity index (χ0n) is 13.5. The average molecular weight is 346 g/mol. The molecule has 0 fully saturated rings. The van der Waals surface area contributed by atoms with Crippen LogP contribution in [0.4, 0.5) is 11.4 Å². The molecule has 0 aromatic heterocycles. The molecule has 0 aliphatic heterocycles. The number of rotatable bonds is 4. The molecule has 1 atom stereocenters. The molecule has 7 heteroatoms. The molecule has 0 bridgehead atoms. The molecule has 2 aromatic rings. The molecular weight excluding hydrogens is 328 g/mol. The zero-order chi connectivity index (χ0) is 17.5. The molecule has 6 nitrogen and oxygen atoms in total. The number of fused-ring (bicyclic) bond motifs is 1. The van der Waals surface area contributed by atoms with Gasteiger partial charge in [-0.2, -0.15) is 0 Å². The maximum absolute atomic E-state index is 11.7. The van der Waals surface area contributed by atoms with Gasteiger partial charge in [0.15, 0.2) is 9.84 Å². The van der Waals surface area contributed by atoms with Crippen LogP contribution < -0.4 is 4.90 Å². The summed E-state index contributed by atoms with van der Waals surface area (Å²) in [6.45, 7) is 0. The van der Waals surface area contributed by atoms with Crippen molar-refractivity contribution >= 4 is 21.2 Å². The molecule has 2 aromatic carbocycles. The predicted octanol–water partition coefficient (Wildman–Crippen LogP) is 3.12. The third-order valence-corrected chi connectivity index (χ3v) is 5.63. The van der Waals surface area contributed by atoms with E-state index in [4.69, 9.17) is 0 Å². The van der Waals surface area contributed by atoms with Gasteiger partial charge in [0.05, 0.1) is 15.9 Å². The largest absolute Gasteiger partial charge is 0.362 e. The third-order valence-electron chi connectivity index (χ3n) is 4.52. The first-order valence-electron chi connectivity index (χ1n) is 7.58. The van der Waals surface area contributed by atoms with Crippen LogP contribution in [0.5, 0.6) is 0 Å². The van der Waals surface area contributed by atoms with Gasteiger partial charge in [0.25, 0.3) is 5.69 Å². The van der Waals surface area contributed by atoms with E-state index in [0.29, 0.717) is 5.69 Å². The van der Waals surface area contributed by atoms with Crippen LogP contribution in [-0.4, -0.2) is 26.6 Å². The Bertz CT molecular complexity index is 909. The summed E-state index contributed by atoms with van der Waals surface area (Å²) in [6, 6.07) is 12.2. The topological polar surface area (TPSA) is 80.5 Å². The molecule has 0 amide bonds. The van der Waals surface area contributed by atoms with E-state index in [1.54, 1.807) is 0 Å². The van der Waals surface area contributed by atoms with Crippen molar-refractivity contribution in [3.05, 3.63) is 63.7 Å². The summed E-state index contributed by atoms with van der Waals surface area (Å²) < 4.78 is 23.3. The Morgan fingerprint density at radius 3 is 2.58 bits per heavy atom. The molecule has 0 radical (unpaired) electrons. The molecule has 0 spiro atoms. The molecule has 1 aliphatic carbocycles. The summed E-state index contributed by atoms with van der Waals surface area (Å²) in [5.41, 5.74) is 2.66. The number of sulfone groups is 1. The van der Waals surface area contributed by atoms with E-state index < -0.39 is 14.8 Å². The number of nitro benzene ring substituents is 1. The first kappa shape index (κ1) is 16.4. The number of hydrogen-bond donors (Lipinski definition) is 0. The lowest BCUT2D eigenvalue weighted by molar-refractivity contribution is -0.384. The highest BCUT2D eigenvalue weighted by Gasteiger charge is 2.30. The molecule has 0 saturated carbocycles. The summed E-state index contributed by atoms with van der Waals surface area (Å²) in [4.78, 5) is 12.8. The van der Waals surface area contributed by atoms with Crippen molar-refractivity contribution in [3.8, 4) is 0 Å². The van der Waals surface area contributed by atoms with E-state index in [1.165, 1.54) is 23.3 Å². The van der Waals surface area contributed by atoms with Crippen LogP contribution in [-0.2, 0) is 16.3 Å². The fourth-order valence-corrected chi connectivity index (χ4v) is 3.92. The summed E-state index contributed by atoms with van der Waals surface area (Å²) in [6.07, 6.45) is 2.85. The van der Waals surface area contributed by atoms with Gasteiger partial charge in [-0.25, -0.2) is 8.42 Å². The van der Waals surface area contributed by atoms with Crippen LogP contribution in [0.2, 0.25) is 0 Å². The Labute approximate surface area is 140 Å². The van der Waals surface area contributed by atoms with Gasteiger partial charge in [-0.3, -0.25) is 10.1 Å². The van der Waals surface area contributed by atoms with E-state index in [1.807, 2.05) is 30.1 Å². The summed E-state index contributed by atoms with van der Waals surface area (Å²) in [7, 11) is -1.68. The van der Waals surface area contributed by atoms with Gasteiger partial charge in [0, 0.05) is 19.4 Å². The van der Waals surface area contributed by atoms with Crippen molar-refractivity contribution in [3.63, 3.8) is 0 Å². The molecular formula is C17H18N2O4S. The van der Waals surface area contributed by atoms with E-state index in [0.717, 1.165) is 25.2 Å².